The molecule has 0 aromatic heterocycles. The van der Waals surface area contributed by atoms with E-state index in [9.17, 15) is 9.59 Å². The van der Waals surface area contributed by atoms with E-state index in [0.29, 0.717) is 19.8 Å². The first-order valence-electron chi connectivity index (χ1n) is 29.8. The van der Waals surface area contributed by atoms with Crippen LogP contribution in [0.3, 0.4) is 0 Å². The van der Waals surface area contributed by atoms with Crippen molar-refractivity contribution in [1.82, 2.24) is 10.6 Å². The topological polar surface area (TPSA) is 150 Å². The quantitative estimate of drug-likeness (QED) is 0.0474. The van der Waals surface area contributed by atoms with Crippen LogP contribution in [0.25, 0.3) is 0 Å². The molecule has 0 radical (unpaired) electrons. The van der Waals surface area contributed by atoms with E-state index in [1.165, 1.54) is 141 Å². The standard InChI is InChI=1S/C35H59NO6.C25H47NO6/c1-5-7-8-9-10-11-12-13-14-15-16-17-18-22-25-36-29(26-30(37)38-6-2)31-32(39-27-28-23-20-19-21-24-28)33-34(40-31)42-35(3,4)41-33;1-6-8-9-10-11-12-13-14-15-16-17-26-19(18-20(27)29-7-2)21-22(28-5)23-24(30-21)32-25(3,4)31-23/h19-21,23-24,29,31-34,36H,5-18,22,25-27H2,1-4H3;19,21-24,26H,6-18H2,1-5H3/t29-,31+,32-,33+,34+;19-,21-,22+,23-,24-/m01/s1. The Labute approximate surface area is 449 Å². The zero-order chi connectivity index (χ0) is 53.4. The molecular formula is C60H106N2O12. The molecule has 4 heterocycles. The maximum absolute atomic E-state index is 12.6. The van der Waals surface area contributed by atoms with Crippen molar-refractivity contribution in [3.8, 4) is 0 Å². The van der Waals surface area contributed by atoms with Gasteiger partial charge >= 0.3 is 11.9 Å². The van der Waals surface area contributed by atoms with Gasteiger partial charge in [-0.25, -0.2) is 0 Å². The second-order valence-corrected chi connectivity index (χ2v) is 22.0. The monoisotopic (exact) mass is 1050 g/mol. The Hall–Kier alpha value is -2.24. The number of hydrogen-bond donors (Lipinski definition) is 2. The first-order chi connectivity index (χ1) is 35.8. The number of unbranched alkanes of at least 4 members (excludes halogenated alkanes) is 22. The lowest BCUT2D eigenvalue weighted by molar-refractivity contribution is -0.223. The Balaban J connectivity index is 0.000000333. The highest BCUT2D eigenvalue weighted by atomic mass is 16.9. The molecule has 10 atom stereocenters. The molecule has 74 heavy (non-hydrogen) atoms. The fourth-order valence-electron chi connectivity index (χ4n) is 10.8. The van der Waals surface area contributed by atoms with Crippen molar-refractivity contribution >= 4 is 11.9 Å². The Kier molecular flexibility index (Phi) is 32.0. The second kappa shape index (κ2) is 36.8. The molecule has 1 aromatic rings. The lowest BCUT2D eigenvalue weighted by Gasteiger charge is -2.31. The largest absolute Gasteiger partial charge is 0.466 e. The van der Waals surface area contributed by atoms with Crippen LogP contribution in [0.1, 0.15) is 228 Å². The molecule has 0 amide bonds. The molecular weight excluding hydrogens is 941 g/mol. The predicted octanol–water partition coefficient (Wildman–Crippen LogP) is 12.6. The van der Waals surface area contributed by atoms with Crippen molar-refractivity contribution in [3.05, 3.63) is 35.9 Å². The van der Waals surface area contributed by atoms with Crippen molar-refractivity contribution in [2.24, 2.45) is 0 Å². The van der Waals surface area contributed by atoms with Crippen molar-refractivity contribution in [3.63, 3.8) is 0 Å². The fourth-order valence-corrected chi connectivity index (χ4v) is 10.8. The van der Waals surface area contributed by atoms with Crippen LogP contribution in [0.5, 0.6) is 0 Å². The summed E-state index contributed by atoms with van der Waals surface area (Å²) < 4.78 is 59.4. The molecule has 5 rings (SSSR count). The van der Waals surface area contributed by atoms with Gasteiger partial charge < -0.3 is 58.0 Å². The van der Waals surface area contributed by atoms with Crippen LogP contribution in [0.2, 0.25) is 0 Å². The van der Waals surface area contributed by atoms with E-state index in [4.69, 9.17) is 47.4 Å². The van der Waals surface area contributed by atoms with Gasteiger partial charge in [-0.2, -0.15) is 0 Å². The third-order valence-corrected chi connectivity index (χ3v) is 14.7. The first-order valence-corrected chi connectivity index (χ1v) is 29.8. The predicted molar refractivity (Wildman–Crippen MR) is 291 cm³/mol. The minimum Gasteiger partial charge on any atom is -0.466 e. The van der Waals surface area contributed by atoms with E-state index in [1.54, 1.807) is 7.11 Å². The molecule has 1 aromatic carbocycles. The van der Waals surface area contributed by atoms with E-state index < -0.39 is 30.3 Å². The number of benzene rings is 1. The van der Waals surface area contributed by atoms with E-state index in [2.05, 4.69) is 24.5 Å². The Morgan fingerprint density at radius 3 is 1.26 bits per heavy atom. The number of rotatable bonds is 40. The zero-order valence-corrected chi connectivity index (χ0v) is 48.0. The van der Waals surface area contributed by atoms with Crippen molar-refractivity contribution in [2.45, 2.75) is 302 Å². The molecule has 0 bridgehead atoms. The highest BCUT2D eigenvalue weighted by Crippen LogP contribution is 2.41. The number of ether oxygens (including phenoxy) is 10. The van der Waals surface area contributed by atoms with E-state index >= 15 is 0 Å². The number of hydrogen-bond acceptors (Lipinski definition) is 14. The average Bonchev–Trinajstić information content (AvgIpc) is 4.07. The third-order valence-electron chi connectivity index (χ3n) is 14.7. The zero-order valence-electron chi connectivity index (χ0n) is 48.0. The van der Waals surface area contributed by atoms with Crippen LogP contribution in [-0.4, -0.2) is 118 Å². The van der Waals surface area contributed by atoms with Gasteiger partial charge in [0.15, 0.2) is 24.2 Å². The average molecular weight is 1050 g/mol. The lowest BCUT2D eigenvalue weighted by Crippen LogP contribution is -2.50. The SMILES string of the molecule is CCCCCCCCCCCCCCCCN[C@@H](CC(=O)OCC)[C@H]1O[C@@H]2OC(C)(C)O[C@@H]2[C@H]1OCc1ccccc1.CCCCCCCCCCCCN[C@H](CC(=O)OCC)[C@H]1O[C@@H]2OC(C)(C)O[C@@H]2[C@H]1OC. The number of esters is 2. The molecule has 0 unspecified atom stereocenters. The molecule has 4 aliphatic rings. The van der Waals surface area contributed by atoms with Crippen LogP contribution < -0.4 is 10.6 Å². The van der Waals surface area contributed by atoms with Gasteiger partial charge in [0.1, 0.15) is 36.6 Å². The maximum atomic E-state index is 12.6. The molecule has 4 aliphatic heterocycles. The lowest BCUT2D eigenvalue weighted by atomic mass is 10.00. The maximum Gasteiger partial charge on any atom is 0.307 e. The number of carbonyl (C=O) groups excluding carboxylic acids is 2. The van der Waals surface area contributed by atoms with Gasteiger partial charge in [-0.3, -0.25) is 9.59 Å². The molecule has 4 fully saturated rings. The van der Waals surface area contributed by atoms with E-state index in [1.807, 2.05) is 71.9 Å². The molecule has 2 N–H and O–H groups in total. The highest BCUT2D eigenvalue weighted by Gasteiger charge is 2.58. The van der Waals surface area contributed by atoms with Crippen LogP contribution in [-0.2, 0) is 63.6 Å². The summed E-state index contributed by atoms with van der Waals surface area (Å²) in [6.45, 7) is 18.5. The number of carbonyl (C=O) groups is 2. The van der Waals surface area contributed by atoms with Gasteiger partial charge in [0.25, 0.3) is 0 Å². The van der Waals surface area contributed by atoms with E-state index in [-0.39, 0.29) is 67.4 Å². The van der Waals surface area contributed by atoms with Crippen LogP contribution >= 0.6 is 0 Å². The molecule has 0 aliphatic carbocycles. The summed E-state index contributed by atoms with van der Waals surface area (Å²) in [5, 5.41) is 7.15. The molecule has 0 spiro atoms. The summed E-state index contributed by atoms with van der Waals surface area (Å²) in [6, 6.07) is 9.62. The molecule has 428 valence electrons. The number of methoxy groups -OCH3 is 1. The minimum atomic E-state index is -0.743. The van der Waals surface area contributed by atoms with E-state index in [0.717, 1.165) is 31.5 Å². The molecule has 14 nitrogen and oxygen atoms in total. The summed E-state index contributed by atoms with van der Waals surface area (Å²) in [5.41, 5.74) is 1.08. The fraction of sp³-hybridized carbons (Fsp3) is 0.867. The second-order valence-electron chi connectivity index (χ2n) is 22.0. The van der Waals surface area contributed by atoms with Crippen molar-refractivity contribution < 1.29 is 57.0 Å². The van der Waals surface area contributed by atoms with Gasteiger partial charge in [-0.15, -0.1) is 0 Å². The van der Waals surface area contributed by atoms with Gasteiger partial charge in [0, 0.05) is 19.2 Å². The van der Waals surface area contributed by atoms with Gasteiger partial charge in [-0.05, 0) is 73.0 Å². The number of nitrogens with one attached hydrogen (secondary N) is 2. The van der Waals surface area contributed by atoms with Gasteiger partial charge in [-0.1, -0.05) is 185 Å². The summed E-state index contributed by atoms with van der Waals surface area (Å²) in [4.78, 5) is 24.8. The van der Waals surface area contributed by atoms with Crippen molar-refractivity contribution in [2.75, 3.05) is 33.4 Å². The Morgan fingerprint density at radius 2 is 0.878 bits per heavy atom. The molecule has 4 saturated heterocycles. The molecule has 0 saturated carbocycles. The third kappa shape index (κ3) is 24.2. The van der Waals surface area contributed by atoms with Crippen LogP contribution in [0.15, 0.2) is 30.3 Å². The molecule has 14 heteroatoms. The Morgan fingerprint density at radius 1 is 0.514 bits per heavy atom. The van der Waals surface area contributed by atoms with Crippen molar-refractivity contribution in [1.29, 1.82) is 0 Å². The summed E-state index contributed by atoms with van der Waals surface area (Å²) >= 11 is 0. The van der Waals surface area contributed by atoms with Crippen LogP contribution in [0.4, 0.5) is 0 Å². The van der Waals surface area contributed by atoms with Gasteiger partial charge in [0.2, 0.25) is 0 Å². The summed E-state index contributed by atoms with van der Waals surface area (Å²) in [6.07, 6.45) is 29.0. The highest BCUT2D eigenvalue weighted by molar-refractivity contribution is 5.70. The first kappa shape index (κ1) is 64.3. The minimum absolute atomic E-state index is 0.210. The van der Waals surface area contributed by atoms with Gasteiger partial charge in [0.05, 0.1) is 32.7 Å². The van der Waals surface area contributed by atoms with Crippen LogP contribution in [0, 0.1) is 0 Å². The summed E-state index contributed by atoms with van der Waals surface area (Å²) in [7, 11) is 1.65. The number of fused-ring (bicyclic) bond motifs is 2. The smallest absolute Gasteiger partial charge is 0.307 e. The normalized spacial score (nSPS) is 25.3. The Bertz CT molecular complexity index is 1600. The summed E-state index contributed by atoms with van der Waals surface area (Å²) in [5.74, 6) is -1.91.